The average Bonchev–Trinajstić information content (AvgIpc) is 2.66. The highest BCUT2D eigenvalue weighted by molar-refractivity contribution is 5.71. The third-order valence-electron chi connectivity index (χ3n) is 3.53. The first kappa shape index (κ1) is 18.5. The van der Waals surface area contributed by atoms with Crippen molar-refractivity contribution < 1.29 is 14.7 Å². The van der Waals surface area contributed by atoms with E-state index in [0.29, 0.717) is 33.3 Å². The quantitative estimate of drug-likeness (QED) is 0.633. The molecule has 0 heterocycles. The Morgan fingerprint density at radius 2 is 1.85 bits per heavy atom. The number of nitriles is 2. The molecule has 2 aromatic rings. The van der Waals surface area contributed by atoms with Gasteiger partial charge in [-0.1, -0.05) is 12.2 Å². The molecule has 0 aliphatic rings. The van der Waals surface area contributed by atoms with Gasteiger partial charge in [-0.25, -0.2) is 4.79 Å². The van der Waals surface area contributed by atoms with Crippen LogP contribution in [0.15, 0.2) is 48.5 Å². The van der Waals surface area contributed by atoms with Gasteiger partial charge in [0.1, 0.15) is 11.5 Å². The Bertz CT molecular complexity index is 908. The van der Waals surface area contributed by atoms with Crippen molar-refractivity contribution in [2.45, 2.75) is 13.0 Å². The number of nitrogens with two attached hydrogens (primary N) is 1. The van der Waals surface area contributed by atoms with Crippen LogP contribution in [0.25, 0.3) is 6.08 Å². The van der Waals surface area contributed by atoms with Gasteiger partial charge in [0.15, 0.2) is 0 Å². The molecular weight excluding hydrogens is 332 g/mol. The molecule has 0 spiro atoms. The topological polar surface area (TPSA) is 123 Å². The average molecular weight is 348 g/mol. The van der Waals surface area contributed by atoms with Crippen LogP contribution in [0.5, 0.6) is 11.5 Å². The molecule has 0 radical (unpaired) electrons. The summed E-state index contributed by atoms with van der Waals surface area (Å²) >= 11 is 0. The molecule has 0 aromatic heterocycles. The summed E-state index contributed by atoms with van der Waals surface area (Å²) in [5.41, 5.74) is 6.49. The van der Waals surface area contributed by atoms with Gasteiger partial charge in [0.25, 0.3) is 0 Å². The SMILES string of the molecule is CC(C=Cc1cc(Oc2ccc(C#N)cc2)ccc1C#N)N(O)C(N)=O. The van der Waals surface area contributed by atoms with Crippen molar-refractivity contribution in [3.63, 3.8) is 0 Å². The first-order valence-corrected chi connectivity index (χ1v) is 7.62. The lowest BCUT2D eigenvalue weighted by Gasteiger charge is -2.16. The van der Waals surface area contributed by atoms with Crippen LogP contribution in [0.1, 0.15) is 23.6 Å². The van der Waals surface area contributed by atoms with Crippen LogP contribution < -0.4 is 10.5 Å². The van der Waals surface area contributed by atoms with E-state index in [4.69, 9.17) is 15.7 Å². The first-order chi connectivity index (χ1) is 12.4. The van der Waals surface area contributed by atoms with Crippen molar-refractivity contribution in [3.05, 3.63) is 65.2 Å². The summed E-state index contributed by atoms with van der Waals surface area (Å²) in [5.74, 6) is 1.05. The van der Waals surface area contributed by atoms with Gasteiger partial charge >= 0.3 is 6.03 Å². The minimum absolute atomic E-state index is 0.389. The van der Waals surface area contributed by atoms with Gasteiger partial charge in [-0.15, -0.1) is 0 Å². The Labute approximate surface area is 150 Å². The second-order valence-electron chi connectivity index (χ2n) is 5.38. The van der Waals surface area contributed by atoms with Gasteiger partial charge in [-0.3, -0.25) is 5.21 Å². The van der Waals surface area contributed by atoms with E-state index >= 15 is 0 Å². The number of urea groups is 1. The van der Waals surface area contributed by atoms with E-state index in [1.165, 1.54) is 6.08 Å². The standard InChI is InChI=1S/C19H16N4O3/c1-13(23(25)19(22)24)2-5-15-10-18(9-6-16(15)12-21)26-17-7-3-14(11-20)4-8-17/h2-10,13,25H,1H3,(H2,22,24). The maximum atomic E-state index is 11.0. The van der Waals surface area contributed by atoms with Crippen LogP contribution in [0.4, 0.5) is 4.79 Å². The Balaban J connectivity index is 2.23. The number of benzene rings is 2. The van der Waals surface area contributed by atoms with Crippen LogP contribution in [-0.4, -0.2) is 22.3 Å². The van der Waals surface area contributed by atoms with E-state index in [9.17, 15) is 15.3 Å². The number of ether oxygens (including phenoxy) is 1. The predicted octanol–water partition coefficient (Wildman–Crippen LogP) is 3.39. The van der Waals surface area contributed by atoms with Gasteiger partial charge in [-0.05, 0) is 55.0 Å². The van der Waals surface area contributed by atoms with Crippen molar-refractivity contribution in [3.8, 4) is 23.6 Å². The lowest BCUT2D eigenvalue weighted by atomic mass is 10.1. The van der Waals surface area contributed by atoms with Gasteiger partial charge in [0.2, 0.25) is 0 Å². The van der Waals surface area contributed by atoms with Crippen molar-refractivity contribution >= 4 is 12.1 Å². The molecule has 7 nitrogen and oxygen atoms in total. The minimum Gasteiger partial charge on any atom is -0.457 e. The van der Waals surface area contributed by atoms with Gasteiger partial charge in [-0.2, -0.15) is 15.6 Å². The second-order valence-corrected chi connectivity index (χ2v) is 5.38. The highest BCUT2D eigenvalue weighted by Gasteiger charge is 2.12. The van der Waals surface area contributed by atoms with E-state index in [1.54, 1.807) is 55.5 Å². The molecule has 26 heavy (non-hydrogen) atoms. The first-order valence-electron chi connectivity index (χ1n) is 7.62. The molecule has 1 atom stereocenters. The molecule has 0 bridgehead atoms. The van der Waals surface area contributed by atoms with Gasteiger partial charge in [0, 0.05) is 0 Å². The Kier molecular flexibility index (Phi) is 5.94. The predicted molar refractivity (Wildman–Crippen MR) is 94.1 cm³/mol. The number of carbonyl (C=O) groups excluding carboxylic acids is 1. The molecular formula is C19H16N4O3. The van der Waals surface area contributed by atoms with Gasteiger partial charge in [0.05, 0.1) is 29.3 Å². The number of rotatable bonds is 5. The van der Waals surface area contributed by atoms with Gasteiger partial charge < -0.3 is 10.5 Å². The van der Waals surface area contributed by atoms with E-state index in [0.717, 1.165) is 0 Å². The fraction of sp³-hybridized carbons (Fsp3) is 0.105. The number of amides is 2. The third kappa shape index (κ3) is 4.60. The van der Waals surface area contributed by atoms with E-state index in [2.05, 4.69) is 6.07 Å². The molecule has 0 saturated heterocycles. The number of hydrogen-bond donors (Lipinski definition) is 2. The molecule has 2 aromatic carbocycles. The lowest BCUT2D eigenvalue weighted by Crippen LogP contribution is -2.38. The maximum absolute atomic E-state index is 11.0. The largest absolute Gasteiger partial charge is 0.457 e. The highest BCUT2D eigenvalue weighted by Crippen LogP contribution is 2.25. The number of nitrogens with zero attached hydrogens (tertiary/aromatic N) is 3. The minimum atomic E-state index is -0.972. The number of hydroxylamine groups is 2. The Morgan fingerprint density at radius 1 is 1.19 bits per heavy atom. The summed E-state index contributed by atoms with van der Waals surface area (Å²) in [4.78, 5) is 11.0. The highest BCUT2D eigenvalue weighted by atomic mass is 16.5. The van der Waals surface area contributed by atoms with Crippen LogP contribution in [0, 0.1) is 22.7 Å². The lowest BCUT2D eigenvalue weighted by molar-refractivity contribution is -0.0560. The van der Waals surface area contributed by atoms with Crippen molar-refractivity contribution in [1.29, 1.82) is 10.5 Å². The summed E-state index contributed by atoms with van der Waals surface area (Å²) in [6.45, 7) is 1.57. The smallest absolute Gasteiger partial charge is 0.339 e. The van der Waals surface area contributed by atoms with E-state index < -0.39 is 12.1 Å². The maximum Gasteiger partial charge on any atom is 0.339 e. The summed E-state index contributed by atoms with van der Waals surface area (Å²) in [6, 6.07) is 14.0. The third-order valence-corrected chi connectivity index (χ3v) is 3.53. The van der Waals surface area contributed by atoms with Crippen molar-refractivity contribution in [1.82, 2.24) is 5.06 Å². The zero-order valence-electron chi connectivity index (χ0n) is 14.0. The molecule has 7 heteroatoms. The van der Waals surface area contributed by atoms with E-state index in [1.807, 2.05) is 6.07 Å². The number of carbonyl (C=O) groups is 1. The summed E-state index contributed by atoms with van der Waals surface area (Å²) in [5, 5.41) is 27.9. The fourth-order valence-electron chi connectivity index (χ4n) is 2.10. The van der Waals surface area contributed by atoms with E-state index in [-0.39, 0.29) is 0 Å². The fourth-order valence-corrected chi connectivity index (χ4v) is 2.10. The van der Waals surface area contributed by atoms with Crippen LogP contribution in [0.3, 0.4) is 0 Å². The second kappa shape index (κ2) is 8.34. The molecule has 2 amide bonds. The summed E-state index contributed by atoms with van der Waals surface area (Å²) < 4.78 is 5.72. The molecule has 0 aliphatic heterocycles. The Morgan fingerprint density at radius 3 is 2.42 bits per heavy atom. The molecule has 3 N–H and O–H groups in total. The molecule has 1 unspecified atom stereocenters. The molecule has 0 saturated carbocycles. The van der Waals surface area contributed by atoms with Crippen molar-refractivity contribution in [2.24, 2.45) is 5.73 Å². The monoisotopic (exact) mass is 348 g/mol. The van der Waals surface area contributed by atoms with Crippen LogP contribution in [-0.2, 0) is 0 Å². The Hall–Kier alpha value is -3.81. The number of primary amides is 1. The molecule has 0 aliphatic carbocycles. The number of hydrogen-bond acceptors (Lipinski definition) is 5. The normalized spacial score (nSPS) is 11.4. The molecule has 130 valence electrons. The van der Waals surface area contributed by atoms with Crippen molar-refractivity contribution in [2.75, 3.05) is 0 Å². The zero-order valence-corrected chi connectivity index (χ0v) is 14.0. The summed E-state index contributed by atoms with van der Waals surface area (Å²) in [7, 11) is 0. The summed E-state index contributed by atoms with van der Waals surface area (Å²) in [6.07, 6.45) is 3.13. The zero-order chi connectivity index (χ0) is 19.1. The molecule has 2 rings (SSSR count). The van der Waals surface area contributed by atoms with Crippen LogP contribution in [0.2, 0.25) is 0 Å². The molecule has 0 fully saturated rings. The van der Waals surface area contributed by atoms with Crippen LogP contribution >= 0.6 is 0 Å².